The standard InChI is InChI=1S/C14H29NO/c1-4-12(3)14(16)11-15-9-6-7-13(5-2)8-10-15/h12-14,16H,4-11H2,1-3H3. The van der Waals surface area contributed by atoms with E-state index >= 15 is 0 Å². The molecule has 1 aliphatic heterocycles. The zero-order valence-corrected chi connectivity index (χ0v) is 11.3. The van der Waals surface area contributed by atoms with Crippen LogP contribution in [0.15, 0.2) is 0 Å². The van der Waals surface area contributed by atoms with Gasteiger partial charge in [-0.25, -0.2) is 0 Å². The molecule has 2 heteroatoms. The SMILES string of the molecule is CCC1CCCN(CC(O)C(C)CC)CC1. The molecule has 0 saturated carbocycles. The van der Waals surface area contributed by atoms with Crippen LogP contribution in [-0.2, 0) is 0 Å². The van der Waals surface area contributed by atoms with Crippen LogP contribution in [0.25, 0.3) is 0 Å². The highest BCUT2D eigenvalue weighted by Crippen LogP contribution is 2.21. The Morgan fingerprint density at radius 3 is 2.62 bits per heavy atom. The number of aliphatic hydroxyl groups excluding tert-OH is 1. The summed E-state index contributed by atoms with van der Waals surface area (Å²) < 4.78 is 0. The van der Waals surface area contributed by atoms with Crippen molar-refractivity contribution in [2.45, 2.75) is 59.0 Å². The predicted molar refractivity (Wildman–Crippen MR) is 69.5 cm³/mol. The Balaban J connectivity index is 2.32. The second-order valence-corrected chi connectivity index (χ2v) is 5.46. The molecule has 1 fully saturated rings. The molecular weight excluding hydrogens is 198 g/mol. The van der Waals surface area contributed by atoms with Crippen LogP contribution in [0.1, 0.15) is 52.9 Å². The second kappa shape index (κ2) is 7.29. The average Bonchev–Trinajstić information content (AvgIpc) is 2.53. The molecule has 2 nitrogen and oxygen atoms in total. The van der Waals surface area contributed by atoms with E-state index in [0.717, 1.165) is 18.9 Å². The first-order valence-corrected chi connectivity index (χ1v) is 7.07. The number of likely N-dealkylation sites (tertiary alicyclic amines) is 1. The smallest absolute Gasteiger partial charge is 0.0692 e. The van der Waals surface area contributed by atoms with Gasteiger partial charge < -0.3 is 10.0 Å². The fraction of sp³-hybridized carbons (Fsp3) is 1.00. The molecule has 0 aromatic carbocycles. The summed E-state index contributed by atoms with van der Waals surface area (Å²) in [6, 6.07) is 0. The molecule has 0 radical (unpaired) electrons. The van der Waals surface area contributed by atoms with E-state index in [-0.39, 0.29) is 6.10 Å². The molecule has 96 valence electrons. The van der Waals surface area contributed by atoms with Crippen LogP contribution in [0.3, 0.4) is 0 Å². The third kappa shape index (κ3) is 4.42. The summed E-state index contributed by atoms with van der Waals surface area (Å²) in [5.41, 5.74) is 0. The highest BCUT2D eigenvalue weighted by atomic mass is 16.3. The summed E-state index contributed by atoms with van der Waals surface area (Å²) in [7, 11) is 0. The molecule has 1 N–H and O–H groups in total. The third-order valence-corrected chi connectivity index (χ3v) is 4.26. The molecule has 0 bridgehead atoms. The Labute approximate surface area is 101 Å². The maximum absolute atomic E-state index is 10.0. The molecular formula is C14H29NO. The predicted octanol–water partition coefficient (Wildman–Crippen LogP) is 2.91. The fourth-order valence-electron chi connectivity index (χ4n) is 2.53. The van der Waals surface area contributed by atoms with Gasteiger partial charge in [0.15, 0.2) is 0 Å². The van der Waals surface area contributed by atoms with Crippen molar-refractivity contribution in [3.05, 3.63) is 0 Å². The second-order valence-electron chi connectivity index (χ2n) is 5.46. The molecule has 0 aromatic rings. The number of rotatable bonds is 5. The van der Waals surface area contributed by atoms with Crippen molar-refractivity contribution < 1.29 is 5.11 Å². The van der Waals surface area contributed by atoms with Crippen LogP contribution in [0.5, 0.6) is 0 Å². The lowest BCUT2D eigenvalue weighted by Gasteiger charge is -2.26. The molecule has 16 heavy (non-hydrogen) atoms. The Morgan fingerprint density at radius 1 is 1.25 bits per heavy atom. The zero-order valence-electron chi connectivity index (χ0n) is 11.3. The number of aliphatic hydroxyl groups is 1. The van der Waals surface area contributed by atoms with E-state index in [1.165, 1.54) is 38.8 Å². The Bertz CT molecular complexity index is 184. The lowest BCUT2D eigenvalue weighted by molar-refractivity contribution is 0.0693. The van der Waals surface area contributed by atoms with E-state index in [1.54, 1.807) is 0 Å². The molecule has 1 heterocycles. The van der Waals surface area contributed by atoms with Gasteiger partial charge in [-0.1, -0.05) is 33.6 Å². The number of hydrogen-bond acceptors (Lipinski definition) is 2. The van der Waals surface area contributed by atoms with E-state index in [9.17, 15) is 5.11 Å². The maximum Gasteiger partial charge on any atom is 0.0692 e. The third-order valence-electron chi connectivity index (χ3n) is 4.26. The molecule has 0 spiro atoms. The van der Waals surface area contributed by atoms with E-state index in [4.69, 9.17) is 0 Å². The van der Waals surface area contributed by atoms with Gasteiger partial charge in [0.25, 0.3) is 0 Å². The van der Waals surface area contributed by atoms with Crippen LogP contribution in [-0.4, -0.2) is 35.7 Å². The first-order valence-electron chi connectivity index (χ1n) is 7.07. The first-order chi connectivity index (χ1) is 7.67. The van der Waals surface area contributed by atoms with Crippen molar-refractivity contribution in [1.29, 1.82) is 0 Å². The van der Waals surface area contributed by atoms with Gasteiger partial charge in [-0.2, -0.15) is 0 Å². The van der Waals surface area contributed by atoms with E-state index in [2.05, 4.69) is 25.7 Å². The Morgan fingerprint density at radius 2 is 2.00 bits per heavy atom. The van der Waals surface area contributed by atoms with Gasteiger partial charge >= 0.3 is 0 Å². The van der Waals surface area contributed by atoms with Gasteiger partial charge in [-0.15, -0.1) is 0 Å². The summed E-state index contributed by atoms with van der Waals surface area (Å²) in [5, 5.41) is 10.0. The summed E-state index contributed by atoms with van der Waals surface area (Å²) in [5.74, 6) is 1.36. The van der Waals surface area contributed by atoms with E-state index in [1.807, 2.05) is 0 Å². The number of nitrogens with zero attached hydrogens (tertiary/aromatic N) is 1. The fourth-order valence-corrected chi connectivity index (χ4v) is 2.53. The van der Waals surface area contributed by atoms with Gasteiger partial charge in [0.2, 0.25) is 0 Å². The first kappa shape index (κ1) is 14.0. The highest BCUT2D eigenvalue weighted by Gasteiger charge is 2.20. The number of hydrogen-bond donors (Lipinski definition) is 1. The maximum atomic E-state index is 10.0. The van der Waals surface area contributed by atoms with Crippen molar-refractivity contribution >= 4 is 0 Å². The lowest BCUT2D eigenvalue weighted by Crippen LogP contribution is -2.36. The number of β-amino-alcohol motifs (C(OH)–C–C–N with tert-alkyl or cyclic N) is 1. The van der Waals surface area contributed by atoms with E-state index in [0.29, 0.717) is 5.92 Å². The van der Waals surface area contributed by atoms with Crippen LogP contribution in [0.4, 0.5) is 0 Å². The lowest BCUT2D eigenvalue weighted by atomic mass is 9.98. The van der Waals surface area contributed by atoms with Gasteiger partial charge in [-0.05, 0) is 44.2 Å². The van der Waals surface area contributed by atoms with Gasteiger partial charge in [0.05, 0.1) is 6.10 Å². The summed E-state index contributed by atoms with van der Waals surface area (Å²) in [6.45, 7) is 9.86. The summed E-state index contributed by atoms with van der Waals surface area (Å²) >= 11 is 0. The van der Waals surface area contributed by atoms with Crippen molar-refractivity contribution in [3.8, 4) is 0 Å². The summed E-state index contributed by atoms with van der Waals surface area (Å²) in [6.07, 6.45) is 6.28. The monoisotopic (exact) mass is 227 g/mol. The van der Waals surface area contributed by atoms with Gasteiger partial charge in [0, 0.05) is 6.54 Å². The minimum atomic E-state index is -0.136. The van der Waals surface area contributed by atoms with Crippen LogP contribution >= 0.6 is 0 Å². The molecule has 1 rings (SSSR count). The molecule has 1 aliphatic rings. The van der Waals surface area contributed by atoms with Crippen molar-refractivity contribution in [1.82, 2.24) is 4.90 Å². The Kier molecular flexibility index (Phi) is 6.37. The minimum Gasteiger partial charge on any atom is -0.392 e. The zero-order chi connectivity index (χ0) is 12.0. The van der Waals surface area contributed by atoms with Crippen molar-refractivity contribution in [3.63, 3.8) is 0 Å². The molecule has 3 atom stereocenters. The quantitative estimate of drug-likeness (QED) is 0.780. The van der Waals surface area contributed by atoms with Gasteiger partial charge in [0.1, 0.15) is 0 Å². The van der Waals surface area contributed by atoms with Crippen LogP contribution in [0, 0.1) is 11.8 Å². The van der Waals surface area contributed by atoms with E-state index < -0.39 is 0 Å². The molecule has 0 amide bonds. The van der Waals surface area contributed by atoms with Crippen LogP contribution in [0.2, 0.25) is 0 Å². The normalized spacial score (nSPS) is 27.4. The Hall–Kier alpha value is -0.0800. The molecule has 0 aliphatic carbocycles. The average molecular weight is 227 g/mol. The van der Waals surface area contributed by atoms with Crippen LogP contribution < -0.4 is 0 Å². The largest absolute Gasteiger partial charge is 0.392 e. The van der Waals surface area contributed by atoms with Crippen molar-refractivity contribution in [2.24, 2.45) is 11.8 Å². The molecule has 3 unspecified atom stereocenters. The van der Waals surface area contributed by atoms with Gasteiger partial charge in [-0.3, -0.25) is 0 Å². The highest BCUT2D eigenvalue weighted by molar-refractivity contribution is 4.73. The van der Waals surface area contributed by atoms with Crippen molar-refractivity contribution in [2.75, 3.05) is 19.6 Å². The molecule has 0 aromatic heterocycles. The minimum absolute atomic E-state index is 0.136. The summed E-state index contributed by atoms with van der Waals surface area (Å²) in [4.78, 5) is 2.46. The topological polar surface area (TPSA) is 23.5 Å². The molecule has 1 saturated heterocycles.